The number of rotatable bonds is 4. The average molecular weight is 339 g/mol. The second-order valence-electron chi connectivity index (χ2n) is 6.24. The molecular weight excluding hydrogens is 322 g/mol. The molecule has 1 unspecified atom stereocenters. The molecule has 1 atom stereocenters. The average Bonchev–Trinajstić information content (AvgIpc) is 3.36. The quantitative estimate of drug-likeness (QED) is 0.767. The van der Waals surface area contributed by atoms with E-state index in [2.05, 4.69) is 15.3 Å². The molecule has 3 aromatic rings. The molecule has 0 bridgehead atoms. The molecule has 0 spiro atoms. The van der Waals surface area contributed by atoms with Crippen LogP contribution in [0.4, 0.5) is 0 Å². The lowest BCUT2D eigenvalue weighted by Crippen LogP contribution is -2.39. The van der Waals surface area contributed by atoms with Gasteiger partial charge in [0.2, 0.25) is 0 Å². The number of nitrogens with zero attached hydrogens (tertiary/aromatic N) is 5. The molecule has 1 amide bonds. The predicted molar refractivity (Wildman–Crippen MR) is 87.4 cm³/mol. The Balaban J connectivity index is 1.44. The number of likely N-dealkylation sites (tertiary alicyclic amines) is 1. The second-order valence-corrected chi connectivity index (χ2v) is 6.24. The summed E-state index contributed by atoms with van der Waals surface area (Å²) in [4.78, 5) is 18.2. The molecule has 3 heterocycles. The van der Waals surface area contributed by atoms with Crippen LogP contribution in [0.3, 0.4) is 0 Å². The van der Waals surface area contributed by atoms with Crippen LogP contribution in [0, 0.1) is 0 Å². The summed E-state index contributed by atoms with van der Waals surface area (Å²) in [5.74, 6) is 0.556. The van der Waals surface area contributed by atoms with E-state index >= 15 is 0 Å². The normalized spacial score (nSPS) is 20.1. The Bertz CT molecular complexity index is 845. The number of benzene rings is 1. The summed E-state index contributed by atoms with van der Waals surface area (Å²) >= 11 is 0. The summed E-state index contributed by atoms with van der Waals surface area (Å²) in [5, 5.41) is 18.3. The van der Waals surface area contributed by atoms with Gasteiger partial charge in [0.05, 0.1) is 25.5 Å². The Kier molecular flexibility index (Phi) is 3.81. The van der Waals surface area contributed by atoms with Gasteiger partial charge in [0.25, 0.3) is 5.91 Å². The molecule has 128 valence electrons. The van der Waals surface area contributed by atoms with E-state index in [-0.39, 0.29) is 12.5 Å². The van der Waals surface area contributed by atoms with Crippen LogP contribution in [0.5, 0.6) is 0 Å². The van der Waals surface area contributed by atoms with Crippen molar-refractivity contribution in [3.63, 3.8) is 0 Å². The standard InChI is InChI=1S/C17H17N5O3/c23-16(14-3-1-13(2-4-14)15-9-18-12-25-15)21-7-5-17(24,10-21)11-22-8-6-19-20-22/h1-4,6,8-9,12,24H,5,7,10-11H2. The van der Waals surface area contributed by atoms with Crippen LogP contribution >= 0.6 is 0 Å². The van der Waals surface area contributed by atoms with E-state index in [1.807, 2.05) is 12.1 Å². The van der Waals surface area contributed by atoms with Gasteiger partial charge in [-0.3, -0.25) is 4.79 Å². The van der Waals surface area contributed by atoms with Crippen LogP contribution in [-0.2, 0) is 6.54 Å². The van der Waals surface area contributed by atoms with E-state index in [0.717, 1.165) is 5.56 Å². The number of hydrogen-bond acceptors (Lipinski definition) is 6. The lowest BCUT2D eigenvalue weighted by Gasteiger charge is -2.23. The number of aliphatic hydroxyl groups is 1. The first-order valence-corrected chi connectivity index (χ1v) is 7.98. The Hall–Kier alpha value is -3.00. The molecular formula is C17H17N5O3. The van der Waals surface area contributed by atoms with Crippen molar-refractivity contribution < 1.29 is 14.3 Å². The van der Waals surface area contributed by atoms with Crippen LogP contribution in [0.15, 0.2) is 53.7 Å². The van der Waals surface area contributed by atoms with Crippen molar-refractivity contribution in [1.82, 2.24) is 24.9 Å². The predicted octanol–water partition coefficient (Wildman–Crippen LogP) is 1.21. The van der Waals surface area contributed by atoms with Gasteiger partial charge in [0, 0.05) is 23.9 Å². The van der Waals surface area contributed by atoms with Crippen molar-refractivity contribution in [2.24, 2.45) is 0 Å². The molecule has 1 aromatic carbocycles. The van der Waals surface area contributed by atoms with Crippen LogP contribution < -0.4 is 0 Å². The first-order chi connectivity index (χ1) is 12.1. The highest BCUT2D eigenvalue weighted by Gasteiger charge is 2.39. The van der Waals surface area contributed by atoms with E-state index in [0.29, 0.717) is 30.8 Å². The monoisotopic (exact) mass is 339 g/mol. The molecule has 4 rings (SSSR count). The zero-order valence-corrected chi connectivity index (χ0v) is 13.4. The number of carbonyl (C=O) groups is 1. The van der Waals surface area contributed by atoms with Gasteiger partial charge < -0.3 is 14.4 Å². The fourth-order valence-electron chi connectivity index (χ4n) is 3.10. The van der Waals surface area contributed by atoms with Gasteiger partial charge in [-0.2, -0.15) is 0 Å². The third kappa shape index (κ3) is 3.16. The summed E-state index contributed by atoms with van der Waals surface area (Å²) in [6.45, 7) is 1.10. The highest BCUT2D eigenvalue weighted by molar-refractivity contribution is 5.94. The summed E-state index contributed by atoms with van der Waals surface area (Å²) in [6, 6.07) is 7.17. The number of aromatic nitrogens is 4. The summed E-state index contributed by atoms with van der Waals surface area (Å²) in [7, 11) is 0. The van der Waals surface area contributed by atoms with Gasteiger partial charge in [-0.25, -0.2) is 9.67 Å². The fourth-order valence-corrected chi connectivity index (χ4v) is 3.10. The Morgan fingerprint density at radius 3 is 2.84 bits per heavy atom. The molecule has 1 N–H and O–H groups in total. The van der Waals surface area contributed by atoms with Crippen LogP contribution in [0.1, 0.15) is 16.8 Å². The minimum absolute atomic E-state index is 0.0985. The van der Waals surface area contributed by atoms with Crippen molar-refractivity contribution in [2.75, 3.05) is 13.1 Å². The number of β-amino-alcohol motifs (C(OH)–C–C–N with tert-alkyl or cyclic N) is 1. The smallest absolute Gasteiger partial charge is 0.253 e. The van der Waals surface area contributed by atoms with Gasteiger partial charge in [0.15, 0.2) is 12.2 Å². The maximum atomic E-state index is 12.7. The highest BCUT2D eigenvalue weighted by Crippen LogP contribution is 2.25. The molecule has 1 aliphatic rings. The van der Waals surface area contributed by atoms with Crippen LogP contribution in [0.2, 0.25) is 0 Å². The van der Waals surface area contributed by atoms with Gasteiger partial charge in [0.1, 0.15) is 5.60 Å². The molecule has 2 aromatic heterocycles. The largest absolute Gasteiger partial charge is 0.444 e. The Morgan fingerprint density at radius 1 is 1.32 bits per heavy atom. The van der Waals surface area contributed by atoms with E-state index in [1.165, 1.54) is 6.39 Å². The van der Waals surface area contributed by atoms with Gasteiger partial charge in [-0.15, -0.1) is 5.10 Å². The minimum Gasteiger partial charge on any atom is -0.444 e. The molecule has 25 heavy (non-hydrogen) atoms. The maximum absolute atomic E-state index is 12.7. The van der Waals surface area contributed by atoms with Crippen molar-refractivity contribution in [2.45, 2.75) is 18.6 Å². The van der Waals surface area contributed by atoms with E-state index < -0.39 is 5.60 Å². The molecule has 0 saturated carbocycles. The molecule has 8 nitrogen and oxygen atoms in total. The molecule has 0 radical (unpaired) electrons. The zero-order chi connectivity index (χ0) is 17.3. The van der Waals surface area contributed by atoms with E-state index in [9.17, 15) is 9.90 Å². The van der Waals surface area contributed by atoms with Gasteiger partial charge in [-0.05, 0) is 18.6 Å². The summed E-state index contributed by atoms with van der Waals surface area (Å²) in [5.41, 5.74) is 0.454. The van der Waals surface area contributed by atoms with Crippen molar-refractivity contribution in [3.8, 4) is 11.3 Å². The maximum Gasteiger partial charge on any atom is 0.253 e. The second kappa shape index (κ2) is 6.14. The first kappa shape index (κ1) is 15.5. The molecule has 1 aliphatic heterocycles. The molecule has 8 heteroatoms. The number of carbonyl (C=O) groups excluding carboxylic acids is 1. The van der Waals surface area contributed by atoms with E-state index in [4.69, 9.17) is 4.42 Å². The minimum atomic E-state index is -0.983. The van der Waals surface area contributed by atoms with Gasteiger partial charge >= 0.3 is 0 Å². The first-order valence-electron chi connectivity index (χ1n) is 7.98. The van der Waals surface area contributed by atoms with E-state index in [1.54, 1.807) is 40.3 Å². The third-order valence-electron chi connectivity index (χ3n) is 4.40. The number of amides is 1. The summed E-state index contributed by atoms with van der Waals surface area (Å²) in [6.07, 6.45) is 6.77. The van der Waals surface area contributed by atoms with Crippen molar-refractivity contribution in [3.05, 3.63) is 54.8 Å². The molecule has 1 fully saturated rings. The van der Waals surface area contributed by atoms with Crippen LogP contribution in [-0.4, -0.2) is 54.6 Å². The fraction of sp³-hybridized carbons (Fsp3) is 0.294. The Labute approximate surface area is 143 Å². The van der Waals surface area contributed by atoms with Crippen molar-refractivity contribution in [1.29, 1.82) is 0 Å². The Morgan fingerprint density at radius 2 is 2.16 bits per heavy atom. The summed E-state index contributed by atoms with van der Waals surface area (Å²) < 4.78 is 6.83. The highest BCUT2D eigenvalue weighted by atomic mass is 16.3. The third-order valence-corrected chi connectivity index (χ3v) is 4.40. The molecule has 1 saturated heterocycles. The van der Waals surface area contributed by atoms with Crippen molar-refractivity contribution >= 4 is 5.91 Å². The number of hydrogen-bond donors (Lipinski definition) is 1. The lowest BCUT2D eigenvalue weighted by atomic mass is 10.0. The van der Waals surface area contributed by atoms with Crippen LogP contribution in [0.25, 0.3) is 11.3 Å². The molecule has 0 aliphatic carbocycles. The topological polar surface area (TPSA) is 97.3 Å². The SMILES string of the molecule is O=C(c1ccc(-c2cnco2)cc1)N1CCC(O)(Cn2ccnn2)C1. The zero-order valence-electron chi connectivity index (χ0n) is 13.4. The lowest BCUT2D eigenvalue weighted by molar-refractivity contribution is 0.0267. The van der Waals surface area contributed by atoms with Gasteiger partial charge in [-0.1, -0.05) is 17.3 Å². The number of oxazole rings is 1.